The Bertz CT molecular complexity index is 720. The van der Waals surface area contributed by atoms with E-state index in [2.05, 4.69) is 22.5 Å². The van der Waals surface area contributed by atoms with E-state index in [1.165, 1.54) is 17.1 Å². The quantitative estimate of drug-likeness (QED) is 0.864. The van der Waals surface area contributed by atoms with E-state index in [1.807, 2.05) is 46.4 Å². The third-order valence-electron chi connectivity index (χ3n) is 4.48. The average Bonchev–Trinajstić information content (AvgIpc) is 3.39. The first-order chi connectivity index (χ1) is 12.3. The molecule has 4 rings (SSSR count). The van der Waals surface area contributed by atoms with Crippen LogP contribution in [0.3, 0.4) is 0 Å². The number of nitrogens with zero attached hydrogens (tertiary/aromatic N) is 2. The summed E-state index contributed by atoms with van der Waals surface area (Å²) in [5.41, 5.74) is 1.96. The van der Waals surface area contributed by atoms with Crippen molar-refractivity contribution in [1.29, 1.82) is 0 Å². The van der Waals surface area contributed by atoms with Crippen LogP contribution in [-0.4, -0.2) is 40.4 Å². The Morgan fingerprint density at radius 2 is 2.04 bits per heavy atom. The fourth-order valence-electron chi connectivity index (χ4n) is 3.09. The van der Waals surface area contributed by atoms with Crippen LogP contribution in [0.25, 0.3) is 0 Å². The molecule has 7 heteroatoms. The number of anilines is 1. The van der Waals surface area contributed by atoms with E-state index in [9.17, 15) is 4.79 Å². The van der Waals surface area contributed by atoms with Crippen LogP contribution in [0.4, 0.5) is 5.82 Å². The Kier molecular flexibility index (Phi) is 5.33. The monoisotopic (exact) mass is 375 g/mol. The molecule has 25 heavy (non-hydrogen) atoms. The van der Waals surface area contributed by atoms with E-state index in [-0.39, 0.29) is 5.91 Å². The van der Waals surface area contributed by atoms with Gasteiger partial charge in [-0.3, -0.25) is 4.79 Å². The molecular weight excluding hydrogens is 354 g/mol. The van der Waals surface area contributed by atoms with Crippen LogP contribution in [0, 0.1) is 5.92 Å². The number of rotatable bonds is 5. The summed E-state index contributed by atoms with van der Waals surface area (Å²) >= 11 is 3.94. The number of thioether (sulfide) groups is 2. The number of carbonyl (C=O) groups is 1. The summed E-state index contributed by atoms with van der Waals surface area (Å²) in [6.07, 6.45) is 2.77. The first kappa shape index (κ1) is 17.0. The van der Waals surface area contributed by atoms with Crippen LogP contribution in [-0.2, 0) is 11.3 Å². The summed E-state index contributed by atoms with van der Waals surface area (Å²) in [6, 6.07) is 9.80. The van der Waals surface area contributed by atoms with Gasteiger partial charge in [0, 0.05) is 42.2 Å². The number of ether oxygens (including phenoxy) is 1. The number of amides is 1. The Morgan fingerprint density at radius 1 is 1.24 bits per heavy atom. The van der Waals surface area contributed by atoms with Crippen molar-refractivity contribution in [2.24, 2.45) is 5.92 Å². The molecule has 0 radical (unpaired) electrons. The minimum atomic E-state index is -0.0947. The van der Waals surface area contributed by atoms with Crippen molar-refractivity contribution >= 4 is 35.2 Å². The SMILES string of the molecule is O=C(Nc1ccnn1C[C@@H]1CCOC1)c1ccc(C2SCCS2)cc1. The lowest BCUT2D eigenvalue weighted by Gasteiger charge is -2.13. The summed E-state index contributed by atoms with van der Waals surface area (Å²) in [7, 11) is 0. The maximum absolute atomic E-state index is 12.5. The Labute approximate surface area is 155 Å². The van der Waals surface area contributed by atoms with Gasteiger partial charge in [-0.25, -0.2) is 4.68 Å². The molecule has 5 nitrogen and oxygen atoms in total. The summed E-state index contributed by atoms with van der Waals surface area (Å²) in [5, 5.41) is 7.31. The Hall–Kier alpha value is -1.44. The Morgan fingerprint density at radius 3 is 2.76 bits per heavy atom. The lowest BCUT2D eigenvalue weighted by molar-refractivity contribution is 0.102. The number of hydrogen-bond donors (Lipinski definition) is 1. The van der Waals surface area contributed by atoms with Crippen molar-refractivity contribution in [2.75, 3.05) is 30.0 Å². The first-order valence-corrected chi connectivity index (χ1v) is 10.6. The highest BCUT2D eigenvalue weighted by molar-refractivity contribution is 8.19. The predicted molar refractivity (Wildman–Crippen MR) is 103 cm³/mol. The van der Waals surface area contributed by atoms with E-state index in [0.717, 1.165) is 32.0 Å². The highest BCUT2D eigenvalue weighted by Crippen LogP contribution is 2.45. The fraction of sp³-hybridized carbons (Fsp3) is 0.444. The van der Waals surface area contributed by atoms with Crippen LogP contribution in [0.2, 0.25) is 0 Å². The minimum Gasteiger partial charge on any atom is -0.381 e. The molecule has 1 N–H and O–H groups in total. The van der Waals surface area contributed by atoms with Gasteiger partial charge in [-0.2, -0.15) is 5.10 Å². The van der Waals surface area contributed by atoms with E-state index in [1.54, 1.807) is 6.20 Å². The van der Waals surface area contributed by atoms with Crippen molar-refractivity contribution in [2.45, 2.75) is 17.5 Å². The standard InChI is InChI=1S/C18H21N3O2S2/c22-17(14-1-3-15(4-2-14)18-24-9-10-25-18)20-16-5-7-19-21(16)11-13-6-8-23-12-13/h1-5,7,13,18H,6,8-12H2,(H,20,22)/t13-/m0/s1. The summed E-state index contributed by atoms with van der Waals surface area (Å²) in [4.78, 5) is 12.5. The van der Waals surface area contributed by atoms with Crippen molar-refractivity contribution in [3.8, 4) is 0 Å². The maximum Gasteiger partial charge on any atom is 0.256 e. The highest BCUT2D eigenvalue weighted by Gasteiger charge is 2.20. The van der Waals surface area contributed by atoms with Crippen molar-refractivity contribution < 1.29 is 9.53 Å². The van der Waals surface area contributed by atoms with Gasteiger partial charge in [0.25, 0.3) is 5.91 Å². The zero-order chi connectivity index (χ0) is 17.1. The molecule has 1 amide bonds. The maximum atomic E-state index is 12.5. The molecule has 1 aromatic heterocycles. The minimum absolute atomic E-state index is 0.0947. The molecule has 0 saturated carbocycles. The molecule has 0 bridgehead atoms. The van der Waals surface area contributed by atoms with Crippen LogP contribution in [0.5, 0.6) is 0 Å². The molecule has 3 heterocycles. The lowest BCUT2D eigenvalue weighted by Crippen LogP contribution is -2.18. The van der Waals surface area contributed by atoms with Gasteiger partial charge in [-0.1, -0.05) is 12.1 Å². The molecule has 0 spiro atoms. The van der Waals surface area contributed by atoms with Crippen LogP contribution >= 0.6 is 23.5 Å². The first-order valence-electron chi connectivity index (χ1n) is 8.54. The van der Waals surface area contributed by atoms with E-state index < -0.39 is 0 Å². The molecule has 2 aliphatic heterocycles. The second-order valence-electron chi connectivity index (χ2n) is 6.28. The summed E-state index contributed by atoms with van der Waals surface area (Å²) in [5.74, 6) is 3.52. The zero-order valence-corrected chi connectivity index (χ0v) is 15.5. The van der Waals surface area contributed by atoms with Gasteiger partial charge in [-0.05, 0) is 24.1 Å². The molecule has 0 unspecified atom stereocenters. The van der Waals surface area contributed by atoms with E-state index in [4.69, 9.17) is 4.74 Å². The van der Waals surface area contributed by atoms with Gasteiger partial charge < -0.3 is 10.1 Å². The molecule has 2 aromatic rings. The highest BCUT2D eigenvalue weighted by atomic mass is 32.2. The molecule has 132 valence electrons. The van der Waals surface area contributed by atoms with Crippen molar-refractivity contribution in [3.63, 3.8) is 0 Å². The lowest BCUT2D eigenvalue weighted by atomic mass is 10.1. The predicted octanol–water partition coefficient (Wildman–Crippen LogP) is 3.65. The summed E-state index contributed by atoms with van der Waals surface area (Å²) in [6.45, 7) is 2.36. The number of aromatic nitrogens is 2. The smallest absolute Gasteiger partial charge is 0.256 e. The second kappa shape index (κ2) is 7.85. The van der Waals surface area contributed by atoms with Crippen molar-refractivity contribution in [1.82, 2.24) is 9.78 Å². The van der Waals surface area contributed by atoms with Gasteiger partial charge in [0.05, 0.1) is 17.4 Å². The molecule has 1 aromatic carbocycles. The average molecular weight is 376 g/mol. The third-order valence-corrected chi connectivity index (χ3v) is 7.58. The van der Waals surface area contributed by atoms with E-state index in [0.29, 0.717) is 16.1 Å². The van der Waals surface area contributed by atoms with Gasteiger partial charge in [0.1, 0.15) is 5.82 Å². The zero-order valence-electron chi connectivity index (χ0n) is 13.9. The van der Waals surface area contributed by atoms with Gasteiger partial charge in [0.15, 0.2) is 0 Å². The number of benzene rings is 1. The molecule has 0 aliphatic carbocycles. The molecule has 1 atom stereocenters. The third kappa shape index (κ3) is 4.04. The largest absolute Gasteiger partial charge is 0.381 e. The number of hydrogen-bond acceptors (Lipinski definition) is 5. The molecule has 2 saturated heterocycles. The molecule has 2 aliphatic rings. The molecular formula is C18H21N3O2S2. The summed E-state index contributed by atoms with van der Waals surface area (Å²) < 4.78 is 7.78. The second-order valence-corrected chi connectivity index (χ2v) is 9.00. The topological polar surface area (TPSA) is 56.2 Å². The van der Waals surface area contributed by atoms with Crippen molar-refractivity contribution in [3.05, 3.63) is 47.7 Å². The Balaban J connectivity index is 1.40. The van der Waals surface area contributed by atoms with Crippen LogP contribution in [0.15, 0.2) is 36.5 Å². The van der Waals surface area contributed by atoms with Crippen LogP contribution < -0.4 is 5.32 Å². The number of nitrogens with one attached hydrogen (secondary N) is 1. The van der Waals surface area contributed by atoms with Gasteiger partial charge in [-0.15, -0.1) is 23.5 Å². The van der Waals surface area contributed by atoms with Gasteiger partial charge in [0.2, 0.25) is 0 Å². The van der Waals surface area contributed by atoms with Gasteiger partial charge >= 0.3 is 0 Å². The molecule has 2 fully saturated rings. The fourth-order valence-corrected chi connectivity index (χ4v) is 5.95. The number of carbonyl (C=O) groups excluding carboxylic acids is 1. The van der Waals surface area contributed by atoms with Crippen LogP contribution in [0.1, 0.15) is 26.9 Å². The normalized spacial score (nSPS) is 20.9. The van der Waals surface area contributed by atoms with E-state index >= 15 is 0 Å².